The van der Waals surface area contributed by atoms with Gasteiger partial charge in [0, 0.05) is 5.69 Å². The summed E-state index contributed by atoms with van der Waals surface area (Å²) in [4.78, 5) is 10.8. The van der Waals surface area contributed by atoms with Crippen LogP contribution in [0.1, 0.15) is 25.3 Å². The molecule has 0 atom stereocenters. The second-order valence-corrected chi connectivity index (χ2v) is 3.53. The van der Waals surface area contributed by atoms with E-state index in [4.69, 9.17) is 0 Å². The van der Waals surface area contributed by atoms with Crippen LogP contribution in [0, 0.1) is 0 Å². The highest BCUT2D eigenvalue weighted by molar-refractivity contribution is 5.93. The number of carbonyl (C=O) groups is 1. The minimum atomic E-state index is -2.98. The molecule has 0 spiro atoms. The van der Waals surface area contributed by atoms with Gasteiger partial charge >= 0.3 is 6.43 Å². The number of carbonyl (C=O) groups excluding carboxylic acids is 1. The Morgan fingerprint density at radius 1 is 1.27 bits per heavy atom. The molecule has 2 nitrogen and oxygen atoms in total. The summed E-state index contributed by atoms with van der Waals surface area (Å²) in [5, 5.41) is 2.20. The van der Waals surface area contributed by atoms with Crippen molar-refractivity contribution in [3.05, 3.63) is 29.8 Å². The molecule has 1 aromatic rings. The van der Waals surface area contributed by atoms with Gasteiger partial charge in [0.05, 0.1) is 0 Å². The molecule has 0 saturated heterocycles. The SMILES string of the molecule is CC(C)c1ccccc1NC(=O)C(F)F. The van der Waals surface area contributed by atoms with Crippen molar-refractivity contribution in [3.8, 4) is 0 Å². The molecule has 0 fully saturated rings. The van der Waals surface area contributed by atoms with Crippen LogP contribution in [0.25, 0.3) is 0 Å². The van der Waals surface area contributed by atoms with E-state index < -0.39 is 12.3 Å². The zero-order valence-corrected chi connectivity index (χ0v) is 8.63. The summed E-state index contributed by atoms with van der Waals surface area (Å²) in [7, 11) is 0. The van der Waals surface area contributed by atoms with Crippen molar-refractivity contribution in [2.45, 2.75) is 26.2 Å². The number of halogens is 2. The minimum absolute atomic E-state index is 0.180. The van der Waals surface area contributed by atoms with Gasteiger partial charge in [0.1, 0.15) is 0 Å². The van der Waals surface area contributed by atoms with E-state index in [-0.39, 0.29) is 5.92 Å². The largest absolute Gasteiger partial charge is 0.321 e. The van der Waals surface area contributed by atoms with Crippen LogP contribution in [0.5, 0.6) is 0 Å². The smallest absolute Gasteiger partial charge is 0.315 e. The lowest BCUT2D eigenvalue weighted by molar-refractivity contribution is -0.126. The van der Waals surface area contributed by atoms with E-state index in [0.717, 1.165) is 5.56 Å². The molecular formula is C11H13F2NO. The first-order chi connectivity index (χ1) is 7.02. The molecule has 0 aliphatic heterocycles. The lowest BCUT2D eigenvalue weighted by Gasteiger charge is -2.13. The first-order valence-electron chi connectivity index (χ1n) is 4.70. The summed E-state index contributed by atoms with van der Waals surface area (Å²) in [6, 6.07) is 6.95. The van der Waals surface area contributed by atoms with Crippen molar-refractivity contribution in [2.24, 2.45) is 0 Å². The lowest BCUT2D eigenvalue weighted by Crippen LogP contribution is -2.21. The molecule has 1 N–H and O–H groups in total. The predicted molar refractivity (Wildman–Crippen MR) is 55.2 cm³/mol. The van der Waals surface area contributed by atoms with Crippen molar-refractivity contribution in [2.75, 3.05) is 5.32 Å². The average Bonchev–Trinajstić information content (AvgIpc) is 2.18. The third-order valence-corrected chi connectivity index (χ3v) is 2.04. The van der Waals surface area contributed by atoms with Crippen LogP contribution in [0.4, 0.5) is 14.5 Å². The highest BCUT2D eigenvalue weighted by atomic mass is 19.3. The fraction of sp³-hybridized carbons (Fsp3) is 0.364. The number of hydrogen-bond acceptors (Lipinski definition) is 1. The second-order valence-electron chi connectivity index (χ2n) is 3.53. The van der Waals surface area contributed by atoms with Gasteiger partial charge in [-0.05, 0) is 17.5 Å². The molecule has 82 valence electrons. The number of nitrogens with one attached hydrogen (secondary N) is 1. The molecule has 0 heterocycles. The Morgan fingerprint density at radius 2 is 1.87 bits per heavy atom. The number of anilines is 1. The maximum Gasteiger partial charge on any atom is 0.315 e. The number of hydrogen-bond donors (Lipinski definition) is 1. The van der Waals surface area contributed by atoms with Gasteiger partial charge in [-0.15, -0.1) is 0 Å². The van der Waals surface area contributed by atoms with Gasteiger partial charge in [-0.2, -0.15) is 8.78 Å². The quantitative estimate of drug-likeness (QED) is 0.821. The Labute approximate surface area is 87.3 Å². The van der Waals surface area contributed by atoms with Crippen molar-refractivity contribution >= 4 is 11.6 Å². The van der Waals surface area contributed by atoms with Crippen molar-refractivity contribution in [1.82, 2.24) is 0 Å². The molecule has 0 unspecified atom stereocenters. The molecular weight excluding hydrogens is 200 g/mol. The van der Waals surface area contributed by atoms with Gasteiger partial charge in [0.25, 0.3) is 5.91 Å². The molecule has 1 aromatic carbocycles. The zero-order valence-electron chi connectivity index (χ0n) is 8.63. The normalized spacial score (nSPS) is 10.8. The molecule has 0 aliphatic rings. The Balaban J connectivity index is 2.89. The van der Waals surface area contributed by atoms with Crippen LogP contribution in [0.3, 0.4) is 0 Å². The van der Waals surface area contributed by atoms with E-state index in [2.05, 4.69) is 5.32 Å². The van der Waals surface area contributed by atoms with Crippen LogP contribution in [-0.2, 0) is 4.79 Å². The van der Waals surface area contributed by atoms with Gasteiger partial charge < -0.3 is 5.32 Å². The molecule has 0 bridgehead atoms. The Bertz CT molecular complexity index is 350. The topological polar surface area (TPSA) is 29.1 Å². The molecule has 1 rings (SSSR count). The first kappa shape index (κ1) is 11.6. The van der Waals surface area contributed by atoms with Gasteiger partial charge in [-0.3, -0.25) is 4.79 Å². The third kappa shape index (κ3) is 3.01. The monoisotopic (exact) mass is 213 g/mol. The van der Waals surface area contributed by atoms with E-state index in [1.165, 1.54) is 0 Å². The predicted octanol–water partition coefficient (Wildman–Crippen LogP) is 3.01. The van der Waals surface area contributed by atoms with Crippen LogP contribution in [0.15, 0.2) is 24.3 Å². The van der Waals surface area contributed by atoms with Crippen LogP contribution >= 0.6 is 0 Å². The summed E-state index contributed by atoms with van der Waals surface area (Å²) >= 11 is 0. The van der Waals surface area contributed by atoms with Crippen LogP contribution in [-0.4, -0.2) is 12.3 Å². The van der Waals surface area contributed by atoms with Crippen LogP contribution < -0.4 is 5.32 Å². The van der Waals surface area contributed by atoms with Crippen molar-refractivity contribution in [3.63, 3.8) is 0 Å². The Hall–Kier alpha value is -1.45. The maximum atomic E-state index is 12.0. The maximum absolute atomic E-state index is 12.0. The van der Waals surface area contributed by atoms with E-state index in [1.807, 2.05) is 26.0 Å². The van der Waals surface area contributed by atoms with E-state index in [0.29, 0.717) is 5.69 Å². The molecule has 0 aromatic heterocycles. The standard InChI is InChI=1S/C11H13F2NO/c1-7(2)8-5-3-4-6-9(8)14-11(15)10(12)13/h3-7,10H,1-2H3,(H,14,15). The lowest BCUT2D eigenvalue weighted by atomic mass is 10.0. The Kier molecular flexibility index (Phi) is 3.77. The van der Waals surface area contributed by atoms with E-state index in [1.54, 1.807) is 12.1 Å². The number of amides is 1. The third-order valence-electron chi connectivity index (χ3n) is 2.04. The molecule has 0 radical (unpaired) electrons. The average molecular weight is 213 g/mol. The molecule has 0 saturated carbocycles. The van der Waals surface area contributed by atoms with Gasteiger partial charge in [-0.1, -0.05) is 32.0 Å². The van der Waals surface area contributed by atoms with Gasteiger partial charge in [-0.25, -0.2) is 0 Å². The Morgan fingerprint density at radius 3 is 2.40 bits per heavy atom. The minimum Gasteiger partial charge on any atom is -0.321 e. The van der Waals surface area contributed by atoms with Gasteiger partial charge in [0.15, 0.2) is 0 Å². The van der Waals surface area contributed by atoms with E-state index >= 15 is 0 Å². The number of benzene rings is 1. The van der Waals surface area contributed by atoms with E-state index in [9.17, 15) is 13.6 Å². The highest BCUT2D eigenvalue weighted by Crippen LogP contribution is 2.23. The summed E-state index contributed by atoms with van der Waals surface area (Å²) in [5.41, 5.74) is 1.31. The zero-order chi connectivity index (χ0) is 11.4. The van der Waals surface area contributed by atoms with Crippen molar-refractivity contribution in [1.29, 1.82) is 0 Å². The molecule has 4 heteroatoms. The summed E-state index contributed by atoms with van der Waals surface area (Å²) in [6.45, 7) is 3.88. The fourth-order valence-corrected chi connectivity index (χ4v) is 1.30. The molecule has 0 aliphatic carbocycles. The fourth-order valence-electron chi connectivity index (χ4n) is 1.30. The van der Waals surface area contributed by atoms with Crippen molar-refractivity contribution < 1.29 is 13.6 Å². The van der Waals surface area contributed by atoms with Gasteiger partial charge in [0.2, 0.25) is 0 Å². The molecule has 1 amide bonds. The second kappa shape index (κ2) is 4.87. The summed E-state index contributed by atoms with van der Waals surface area (Å²) in [6.07, 6.45) is -2.98. The summed E-state index contributed by atoms with van der Waals surface area (Å²) in [5.74, 6) is -1.08. The number of alkyl halides is 2. The number of rotatable bonds is 3. The summed E-state index contributed by atoms with van der Waals surface area (Å²) < 4.78 is 24.1. The number of para-hydroxylation sites is 1. The first-order valence-corrected chi connectivity index (χ1v) is 4.70. The van der Waals surface area contributed by atoms with Crippen LogP contribution in [0.2, 0.25) is 0 Å². The highest BCUT2D eigenvalue weighted by Gasteiger charge is 2.16. The molecule has 15 heavy (non-hydrogen) atoms.